The topological polar surface area (TPSA) is 109 Å². The summed E-state index contributed by atoms with van der Waals surface area (Å²) in [6.45, 7) is 2.75. The van der Waals surface area contributed by atoms with Crippen molar-refractivity contribution >= 4 is 39.3 Å². The molecule has 3 aromatic heterocycles. The lowest BCUT2D eigenvalue weighted by Gasteiger charge is -2.29. The monoisotopic (exact) mass is 455 g/mol. The largest absolute Gasteiger partial charge is 0.481 e. The minimum absolute atomic E-state index is 0.0798. The maximum absolute atomic E-state index is 13.1. The first kappa shape index (κ1) is 21.3. The molecule has 0 radical (unpaired) electrons. The summed E-state index contributed by atoms with van der Waals surface area (Å²) >= 11 is 1.53. The van der Waals surface area contributed by atoms with Crippen molar-refractivity contribution in [2.24, 2.45) is 0 Å². The third-order valence-corrected chi connectivity index (χ3v) is 5.94. The minimum atomic E-state index is -4.56. The van der Waals surface area contributed by atoms with E-state index in [-0.39, 0.29) is 37.8 Å². The molecule has 0 fully saturated rings. The Bertz CT molecular complexity index is 1110. The molecular weight excluding hydrogens is 435 g/mol. The van der Waals surface area contributed by atoms with Gasteiger partial charge in [0.05, 0.1) is 18.4 Å². The van der Waals surface area contributed by atoms with E-state index < -0.39 is 18.0 Å². The zero-order valence-electron chi connectivity index (χ0n) is 16.6. The minimum Gasteiger partial charge on any atom is -0.481 e. The summed E-state index contributed by atoms with van der Waals surface area (Å²) in [5.41, 5.74) is 0. The predicted octanol–water partition coefficient (Wildman–Crippen LogP) is 3.16. The number of rotatable bonds is 7. The summed E-state index contributed by atoms with van der Waals surface area (Å²) < 4.78 is 40.5. The fraction of sp³-hybridized carbons (Fsp3) is 0.500. The van der Waals surface area contributed by atoms with Crippen molar-refractivity contribution in [2.45, 2.75) is 45.5 Å². The summed E-state index contributed by atoms with van der Waals surface area (Å²) in [6, 6.07) is 2.01. The quantitative estimate of drug-likeness (QED) is 0.559. The zero-order chi connectivity index (χ0) is 22.2. The molecule has 0 aromatic carbocycles. The molecule has 0 saturated carbocycles. The van der Waals surface area contributed by atoms with Gasteiger partial charge in [-0.2, -0.15) is 18.2 Å². The second-order valence-electron chi connectivity index (χ2n) is 7.13. The average Bonchev–Trinajstić information content (AvgIpc) is 3.30. The van der Waals surface area contributed by atoms with E-state index in [1.165, 1.54) is 11.3 Å². The highest BCUT2D eigenvalue weighted by Crippen LogP contribution is 2.35. The number of alkyl halides is 3. The second kappa shape index (κ2) is 8.29. The summed E-state index contributed by atoms with van der Waals surface area (Å²) in [7, 11) is 0. The van der Waals surface area contributed by atoms with Gasteiger partial charge in [0.15, 0.2) is 5.82 Å². The smallest absolute Gasteiger partial charge is 0.451 e. The zero-order valence-corrected chi connectivity index (χ0v) is 17.4. The van der Waals surface area contributed by atoms with Gasteiger partial charge in [0.2, 0.25) is 11.8 Å². The van der Waals surface area contributed by atoms with E-state index in [1.54, 1.807) is 0 Å². The number of fused-ring (bicyclic) bond motifs is 2. The molecule has 13 heteroatoms. The molecule has 0 bridgehead atoms. The Balaban J connectivity index is 1.68. The van der Waals surface area contributed by atoms with Gasteiger partial charge in [0.1, 0.15) is 10.6 Å². The Morgan fingerprint density at radius 3 is 2.81 bits per heavy atom. The van der Waals surface area contributed by atoms with Gasteiger partial charge < -0.3 is 19.9 Å². The molecule has 1 aliphatic rings. The van der Waals surface area contributed by atoms with Crippen LogP contribution in [0, 0.1) is 0 Å². The van der Waals surface area contributed by atoms with Crippen LogP contribution in [0.5, 0.6) is 0 Å². The number of aryl methyl sites for hydroxylation is 1. The highest BCUT2D eigenvalue weighted by Gasteiger charge is 2.39. The van der Waals surface area contributed by atoms with Crippen molar-refractivity contribution in [2.75, 3.05) is 23.3 Å². The Morgan fingerprint density at radius 1 is 1.29 bits per heavy atom. The Kier molecular flexibility index (Phi) is 5.69. The number of carboxylic acid groups (broad SMARTS) is 1. The van der Waals surface area contributed by atoms with Crippen molar-refractivity contribution in [1.82, 2.24) is 24.7 Å². The predicted molar refractivity (Wildman–Crippen MR) is 108 cm³/mol. The summed E-state index contributed by atoms with van der Waals surface area (Å²) in [5, 5.41) is 19.7. The number of halogens is 3. The van der Waals surface area contributed by atoms with E-state index in [0.717, 1.165) is 32.5 Å². The lowest BCUT2D eigenvalue weighted by atomic mass is 10.2. The van der Waals surface area contributed by atoms with Gasteiger partial charge in [0, 0.05) is 24.5 Å². The molecule has 0 atom stereocenters. The number of aromatic nitrogens is 5. The molecule has 3 aromatic rings. The van der Waals surface area contributed by atoms with Crippen LogP contribution in [0.25, 0.3) is 10.2 Å². The van der Waals surface area contributed by atoms with Gasteiger partial charge in [-0.05, 0) is 12.5 Å². The molecule has 9 nitrogen and oxygen atoms in total. The van der Waals surface area contributed by atoms with Crippen LogP contribution in [0.2, 0.25) is 0 Å². The number of hydrogen-bond acceptors (Lipinski definition) is 8. The van der Waals surface area contributed by atoms with Crippen LogP contribution < -0.4 is 10.2 Å². The third-order valence-electron chi connectivity index (χ3n) is 4.85. The summed E-state index contributed by atoms with van der Waals surface area (Å²) in [5.74, 6) is -0.839. The van der Waals surface area contributed by atoms with Crippen molar-refractivity contribution in [1.29, 1.82) is 0 Å². The van der Waals surface area contributed by atoms with Gasteiger partial charge in [-0.3, -0.25) is 4.79 Å². The number of hydrogen-bond donors (Lipinski definition) is 2. The third kappa shape index (κ3) is 4.40. The molecule has 166 valence electrons. The Labute approximate surface area is 178 Å². The molecular formula is C18H20F3N7O2S. The number of aliphatic carboxylic acids is 1. The van der Waals surface area contributed by atoms with Crippen LogP contribution in [0.1, 0.15) is 36.3 Å². The van der Waals surface area contributed by atoms with E-state index in [4.69, 9.17) is 5.11 Å². The number of carbonyl (C=O) groups is 1. The van der Waals surface area contributed by atoms with Gasteiger partial charge in [-0.1, -0.05) is 13.3 Å². The maximum Gasteiger partial charge on any atom is 0.451 e. The summed E-state index contributed by atoms with van der Waals surface area (Å²) in [6.07, 6.45) is -2.80. The highest BCUT2D eigenvalue weighted by molar-refractivity contribution is 7.18. The number of carboxylic acids is 1. The van der Waals surface area contributed by atoms with Crippen LogP contribution in [0.3, 0.4) is 0 Å². The van der Waals surface area contributed by atoms with Crippen LogP contribution in [0.4, 0.5) is 24.9 Å². The normalized spacial score (nSPS) is 14.1. The summed E-state index contributed by atoms with van der Waals surface area (Å²) in [4.78, 5) is 23.6. The Hall–Kier alpha value is -2.96. The van der Waals surface area contributed by atoms with E-state index in [9.17, 15) is 18.0 Å². The molecule has 0 unspecified atom stereocenters. The fourth-order valence-corrected chi connectivity index (χ4v) is 4.60. The second-order valence-corrected chi connectivity index (χ2v) is 8.25. The SMILES string of the molecule is CCCc1cc2c(N3CCn4c(nnc4C(F)(F)F)C3)nc(NCCC(=O)O)nc2s1. The molecule has 0 aliphatic carbocycles. The van der Waals surface area contributed by atoms with Crippen LogP contribution in [-0.4, -0.2) is 48.9 Å². The molecule has 0 spiro atoms. The standard InChI is InChI=1S/C18H20F3N7O2S/c1-2-3-10-8-11-14(23-17(24-15(11)31-10)22-5-4-13(29)30)27-6-7-28-12(9-27)25-26-16(28)18(19,20)21/h8H,2-7,9H2,1H3,(H,29,30)(H,22,23,24). The molecule has 2 N–H and O–H groups in total. The number of thiophene rings is 1. The first-order valence-electron chi connectivity index (χ1n) is 9.76. The van der Waals surface area contributed by atoms with Gasteiger partial charge in [-0.25, -0.2) is 4.98 Å². The van der Waals surface area contributed by atoms with Gasteiger partial charge in [0.25, 0.3) is 0 Å². The van der Waals surface area contributed by atoms with Crippen LogP contribution in [-0.2, 0) is 30.5 Å². The van der Waals surface area contributed by atoms with Crippen molar-refractivity contribution < 1.29 is 23.1 Å². The van der Waals surface area contributed by atoms with Gasteiger partial charge in [-0.15, -0.1) is 21.5 Å². The lowest BCUT2D eigenvalue weighted by molar-refractivity contribution is -0.147. The fourth-order valence-electron chi connectivity index (χ4n) is 3.48. The molecule has 31 heavy (non-hydrogen) atoms. The lowest BCUT2D eigenvalue weighted by Crippen LogP contribution is -2.36. The van der Waals surface area contributed by atoms with E-state index in [0.29, 0.717) is 12.4 Å². The van der Waals surface area contributed by atoms with E-state index in [2.05, 4.69) is 32.4 Å². The highest BCUT2D eigenvalue weighted by atomic mass is 32.1. The van der Waals surface area contributed by atoms with Crippen LogP contribution >= 0.6 is 11.3 Å². The first-order valence-corrected chi connectivity index (χ1v) is 10.6. The van der Waals surface area contributed by atoms with Crippen molar-refractivity contribution in [3.05, 3.63) is 22.6 Å². The average molecular weight is 455 g/mol. The van der Waals surface area contributed by atoms with Crippen molar-refractivity contribution in [3.63, 3.8) is 0 Å². The molecule has 4 heterocycles. The van der Waals surface area contributed by atoms with E-state index >= 15 is 0 Å². The first-order chi connectivity index (χ1) is 14.8. The number of nitrogens with zero attached hydrogens (tertiary/aromatic N) is 6. The molecule has 0 amide bonds. The number of nitrogens with one attached hydrogen (secondary N) is 1. The van der Waals surface area contributed by atoms with Crippen molar-refractivity contribution in [3.8, 4) is 0 Å². The molecule has 0 saturated heterocycles. The van der Waals surface area contributed by atoms with E-state index in [1.807, 2.05) is 11.0 Å². The molecule has 4 rings (SSSR count). The molecule has 1 aliphatic heterocycles. The van der Waals surface area contributed by atoms with Gasteiger partial charge >= 0.3 is 12.1 Å². The number of anilines is 2. The Morgan fingerprint density at radius 2 is 2.10 bits per heavy atom. The van der Waals surface area contributed by atoms with Crippen LogP contribution in [0.15, 0.2) is 6.07 Å². The maximum atomic E-state index is 13.1.